The summed E-state index contributed by atoms with van der Waals surface area (Å²) in [5, 5.41) is 3.18. The number of nitrogens with two attached hydrogens (primary N) is 1. The van der Waals surface area contributed by atoms with Gasteiger partial charge in [-0.3, -0.25) is 4.79 Å². The van der Waals surface area contributed by atoms with Gasteiger partial charge in [-0.15, -0.1) is 23.7 Å². The van der Waals surface area contributed by atoms with E-state index >= 15 is 0 Å². The maximum absolute atomic E-state index is 12.3. The number of rotatable bonds is 5. The van der Waals surface area contributed by atoms with Crippen LogP contribution >= 0.6 is 23.7 Å². The van der Waals surface area contributed by atoms with Crippen molar-refractivity contribution in [1.82, 2.24) is 5.32 Å². The van der Waals surface area contributed by atoms with Crippen LogP contribution in [0.25, 0.3) is 0 Å². The lowest BCUT2D eigenvalue weighted by Crippen LogP contribution is -2.40. The summed E-state index contributed by atoms with van der Waals surface area (Å²) in [6.45, 7) is 4.34. The number of aryl methyl sites for hydroxylation is 2. The fraction of sp³-hybridized carbons (Fsp3) is 0.688. The Morgan fingerprint density at radius 1 is 1.33 bits per heavy atom. The second-order valence-corrected chi connectivity index (χ2v) is 6.88. The van der Waals surface area contributed by atoms with Crippen LogP contribution in [0, 0.1) is 0 Å². The lowest BCUT2D eigenvalue weighted by atomic mass is 9.92. The van der Waals surface area contributed by atoms with Gasteiger partial charge in [0.15, 0.2) is 0 Å². The lowest BCUT2D eigenvalue weighted by Gasteiger charge is -2.26. The average Bonchev–Trinajstić information content (AvgIpc) is 2.85. The van der Waals surface area contributed by atoms with E-state index in [2.05, 4.69) is 25.2 Å². The molecule has 120 valence electrons. The van der Waals surface area contributed by atoms with Crippen molar-refractivity contribution in [2.75, 3.05) is 0 Å². The van der Waals surface area contributed by atoms with Crippen molar-refractivity contribution in [1.29, 1.82) is 0 Å². The summed E-state index contributed by atoms with van der Waals surface area (Å²) in [6, 6.07) is 2.72. The Morgan fingerprint density at radius 2 is 2.00 bits per heavy atom. The van der Waals surface area contributed by atoms with Crippen LogP contribution in [0.2, 0.25) is 0 Å². The van der Waals surface area contributed by atoms with Crippen LogP contribution in [0.3, 0.4) is 0 Å². The summed E-state index contributed by atoms with van der Waals surface area (Å²) >= 11 is 1.67. The normalized spacial score (nSPS) is 21.7. The average molecular weight is 331 g/mol. The van der Waals surface area contributed by atoms with Gasteiger partial charge in [0, 0.05) is 17.0 Å². The number of amides is 1. The number of carbonyl (C=O) groups is 1. The quantitative estimate of drug-likeness (QED) is 0.865. The topological polar surface area (TPSA) is 55.1 Å². The Morgan fingerprint density at radius 3 is 2.57 bits per heavy atom. The van der Waals surface area contributed by atoms with Crippen molar-refractivity contribution in [2.45, 2.75) is 70.9 Å². The minimum Gasteiger partial charge on any atom is -0.349 e. The van der Waals surface area contributed by atoms with E-state index in [1.807, 2.05) is 0 Å². The monoisotopic (exact) mass is 330 g/mol. The van der Waals surface area contributed by atoms with Crippen molar-refractivity contribution in [3.8, 4) is 0 Å². The molecule has 1 heterocycles. The second-order valence-electron chi connectivity index (χ2n) is 5.75. The predicted octanol–water partition coefficient (Wildman–Crippen LogP) is 3.68. The summed E-state index contributed by atoms with van der Waals surface area (Å²) in [5.74, 6) is 0.104. The molecule has 1 aromatic heterocycles. The Hall–Kier alpha value is -0.580. The molecule has 2 rings (SSSR count). The molecule has 0 saturated heterocycles. The zero-order chi connectivity index (χ0) is 14.5. The molecular weight excluding hydrogens is 304 g/mol. The van der Waals surface area contributed by atoms with Crippen LogP contribution in [-0.4, -0.2) is 18.0 Å². The van der Waals surface area contributed by atoms with Gasteiger partial charge in [0.05, 0.1) is 4.88 Å². The molecule has 0 radical (unpaired) electrons. The minimum atomic E-state index is 0. The minimum absolute atomic E-state index is 0. The fourth-order valence-corrected chi connectivity index (χ4v) is 4.10. The molecule has 0 bridgehead atoms. The number of thiophene rings is 1. The molecule has 0 atom stereocenters. The van der Waals surface area contributed by atoms with E-state index in [-0.39, 0.29) is 18.3 Å². The Balaban J connectivity index is 0.00000220. The molecule has 1 amide bonds. The molecule has 1 aliphatic carbocycles. The van der Waals surface area contributed by atoms with Gasteiger partial charge in [0.2, 0.25) is 0 Å². The van der Waals surface area contributed by atoms with Crippen molar-refractivity contribution < 1.29 is 4.79 Å². The third-order valence-corrected chi connectivity index (χ3v) is 5.32. The lowest BCUT2D eigenvalue weighted by molar-refractivity contribution is 0.0930. The van der Waals surface area contributed by atoms with Gasteiger partial charge in [-0.1, -0.05) is 20.3 Å². The summed E-state index contributed by atoms with van der Waals surface area (Å²) in [7, 11) is 0. The zero-order valence-electron chi connectivity index (χ0n) is 13.0. The molecule has 5 heteroatoms. The standard InChI is InChI=1S/C16H26N2OS.ClH/c1-3-5-14-11(4-2)10-15(20-14)16(19)18-13-8-6-12(17)7-9-13;/h10,12-13H,3-9,17H2,1-2H3,(H,18,19);1H. The first-order valence-electron chi connectivity index (χ1n) is 7.82. The van der Waals surface area contributed by atoms with Crippen LogP contribution < -0.4 is 11.1 Å². The molecule has 1 saturated carbocycles. The molecule has 0 spiro atoms. The van der Waals surface area contributed by atoms with Crippen molar-refractivity contribution >= 4 is 29.7 Å². The van der Waals surface area contributed by atoms with Gasteiger partial charge in [-0.2, -0.15) is 0 Å². The predicted molar refractivity (Wildman–Crippen MR) is 92.6 cm³/mol. The van der Waals surface area contributed by atoms with Crippen molar-refractivity contribution in [2.24, 2.45) is 5.73 Å². The van der Waals surface area contributed by atoms with Gasteiger partial charge in [-0.25, -0.2) is 0 Å². The van der Waals surface area contributed by atoms with Gasteiger partial charge < -0.3 is 11.1 Å². The summed E-state index contributed by atoms with van der Waals surface area (Å²) in [6.07, 6.45) is 7.31. The SMILES string of the molecule is CCCc1sc(C(=O)NC2CCC(N)CC2)cc1CC.Cl. The largest absolute Gasteiger partial charge is 0.349 e. The van der Waals surface area contributed by atoms with E-state index in [1.165, 1.54) is 10.4 Å². The third kappa shape index (κ3) is 4.97. The Labute approximate surface area is 138 Å². The molecule has 21 heavy (non-hydrogen) atoms. The molecule has 0 unspecified atom stereocenters. The molecule has 1 aromatic rings. The van der Waals surface area contributed by atoms with Gasteiger partial charge in [0.25, 0.3) is 5.91 Å². The highest BCUT2D eigenvalue weighted by molar-refractivity contribution is 7.14. The molecule has 1 fully saturated rings. The molecular formula is C16H27ClN2OS. The first-order valence-corrected chi connectivity index (χ1v) is 8.63. The molecule has 1 aliphatic rings. The Bertz CT molecular complexity index is 453. The number of carbonyl (C=O) groups excluding carboxylic acids is 1. The van der Waals surface area contributed by atoms with Crippen LogP contribution in [0.1, 0.15) is 66.1 Å². The van der Waals surface area contributed by atoms with Crippen LogP contribution in [0.5, 0.6) is 0 Å². The van der Waals surface area contributed by atoms with Gasteiger partial charge in [0.1, 0.15) is 0 Å². The number of nitrogens with one attached hydrogen (secondary N) is 1. The third-order valence-electron chi connectivity index (χ3n) is 4.09. The first-order chi connectivity index (χ1) is 9.63. The van der Waals surface area contributed by atoms with E-state index in [0.717, 1.165) is 49.8 Å². The number of halogens is 1. The summed E-state index contributed by atoms with van der Waals surface area (Å²) < 4.78 is 0. The highest BCUT2D eigenvalue weighted by Crippen LogP contribution is 2.25. The molecule has 3 N–H and O–H groups in total. The molecule has 3 nitrogen and oxygen atoms in total. The van der Waals surface area contributed by atoms with E-state index in [1.54, 1.807) is 11.3 Å². The van der Waals surface area contributed by atoms with E-state index in [0.29, 0.717) is 12.1 Å². The van der Waals surface area contributed by atoms with Crippen LogP contribution in [-0.2, 0) is 12.8 Å². The molecule has 0 aromatic carbocycles. The fourth-order valence-electron chi connectivity index (χ4n) is 2.84. The van der Waals surface area contributed by atoms with E-state index in [9.17, 15) is 4.79 Å². The van der Waals surface area contributed by atoms with Crippen molar-refractivity contribution in [3.05, 3.63) is 21.4 Å². The highest BCUT2D eigenvalue weighted by atomic mass is 35.5. The number of hydrogen-bond acceptors (Lipinski definition) is 3. The summed E-state index contributed by atoms with van der Waals surface area (Å²) in [4.78, 5) is 14.6. The maximum Gasteiger partial charge on any atom is 0.261 e. The smallest absolute Gasteiger partial charge is 0.261 e. The van der Waals surface area contributed by atoms with E-state index < -0.39 is 0 Å². The molecule has 0 aliphatic heterocycles. The number of hydrogen-bond donors (Lipinski definition) is 2. The first kappa shape index (κ1) is 18.5. The zero-order valence-corrected chi connectivity index (χ0v) is 14.6. The van der Waals surface area contributed by atoms with Crippen LogP contribution in [0.15, 0.2) is 6.07 Å². The van der Waals surface area contributed by atoms with E-state index in [4.69, 9.17) is 5.73 Å². The highest BCUT2D eigenvalue weighted by Gasteiger charge is 2.21. The Kier molecular flexibility index (Phi) is 7.71. The van der Waals surface area contributed by atoms with Gasteiger partial charge in [-0.05, 0) is 50.2 Å². The van der Waals surface area contributed by atoms with Gasteiger partial charge >= 0.3 is 0 Å². The second kappa shape index (κ2) is 8.76. The maximum atomic E-state index is 12.3. The summed E-state index contributed by atoms with van der Waals surface area (Å²) in [5.41, 5.74) is 7.24. The van der Waals surface area contributed by atoms with Crippen LogP contribution in [0.4, 0.5) is 0 Å². The van der Waals surface area contributed by atoms with Crippen molar-refractivity contribution in [3.63, 3.8) is 0 Å².